The molecule has 1 saturated carbocycles. The van der Waals surface area contributed by atoms with E-state index >= 15 is 0 Å². The number of hydrogen-bond donors (Lipinski definition) is 1. The average Bonchev–Trinajstić information content (AvgIpc) is 3.19. The van der Waals surface area contributed by atoms with Gasteiger partial charge < -0.3 is 15.5 Å². The van der Waals surface area contributed by atoms with Gasteiger partial charge in [-0.2, -0.15) is 0 Å². The van der Waals surface area contributed by atoms with Crippen molar-refractivity contribution < 1.29 is 9.59 Å². The first-order valence-electron chi connectivity index (χ1n) is 7.48. The minimum Gasteiger partial charge on any atom is -0.342 e. The van der Waals surface area contributed by atoms with Crippen LogP contribution >= 0.6 is 0 Å². The lowest BCUT2D eigenvalue weighted by Gasteiger charge is -2.34. The lowest BCUT2D eigenvalue weighted by Crippen LogP contribution is -2.47. The number of nitrogens with two attached hydrogens (primary N) is 1. The number of likely N-dealkylation sites (tertiary alicyclic amines) is 2. The molecule has 0 radical (unpaired) electrons. The van der Waals surface area contributed by atoms with Gasteiger partial charge >= 0.3 is 0 Å². The Bertz CT molecular complexity index is 381. The molecule has 2 saturated heterocycles. The van der Waals surface area contributed by atoms with E-state index in [1.54, 1.807) is 0 Å². The van der Waals surface area contributed by atoms with E-state index in [1.165, 1.54) is 0 Å². The van der Waals surface area contributed by atoms with Crippen LogP contribution in [0.2, 0.25) is 0 Å². The van der Waals surface area contributed by atoms with Gasteiger partial charge in [-0.1, -0.05) is 0 Å². The summed E-state index contributed by atoms with van der Waals surface area (Å²) < 4.78 is 0. The van der Waals surface area contributed by atoms with Crippen LogP contribution in [-0.2, 0) is 9.59 Å². The van der Waals surface area contributed by atoms with Crippen LogP contribution in [0.3, 0.4) is 0 Å². The van der Waals surface area contributed by atoms with Crippen LogP contribution in [0, 0.1) is 11.8 Å². The van der Waals surface area contributed by atoms with Crippen molar-refractivity contribution >= 4 is 11.8 Å². The molecular formula is C14H23N3O2. The maximum Gasteiger partial charge on any atom is 0.227 e. The molecule has 2 amide bonds. The highest BCUT2D eigenvalue weighted by Crippen LogP contribution is 2.32. The SMILES string of the molecule is N[C@@H]1CCN(C(=O)C2CCCN(C(=O)C3CC3)C2)C1. The van der Waals surface area contributed by atoms with E-state index in [4.69, 9.17) is 5.73 Å². The standard InChI is InChI=1S/C14H23N3O2/c15-12-5-7-17(9-12)14(19)11-2-1-6-16(8-11)13(18)10-3-4-10/h10-12H,1-9,15H2/t11?,12-/m1/s1. The predicted molar refractivity (Wildman–Crippen MR) is 71.2 cm³/mol. The molecule has 0 spiro atoms. The summed E-state index contributed by atoms with van der Waals surface area (Å²) in [6.45, 7) is 2.93. The van der Waals surface area contributed by atoms with Gasteiger partial charge in [0.05, 0.1) is 5.92 Å². The van der Waals surface area contributed by atoms with E-state index in [0.717, 1.165) is 45.2 Å². The van der Waals surface area contributed by atoms with Gasteiger partial charge in [-0.15, -0.1) is 0 Å². The summed E-state index contributed by atoms with van der Waals surface area (Å²) in [6.07, 6.45) is 4.85. The van der Waals surface area contributed by atoms with Crippen LogP contribution in [0.25, 0.3) is 0 Å². The van der Waals surface area contributed by atoms with Crippen LogP contribution in [0.1, 0.15) is 32.1 Å². The molecule has 1 aliphatic carbocycles. The number of amides is 2. The van der Waals surface area contributed by atoms with Crippen LogP contribution in [0.4, 0.5) is 0 Å². The van der Waals surface area contributed by atoms with Gasteiger partial charge in [0.25, 0.3) is 0 Å². The van der Waals surface area contributed by atoms with Crippen molar-refractivity contribution in [3.05, 3.63) is 0 Å². The quantitative estimate of drug-likeness (QED) is 0.775. The molecule has 2 N–H and O–H groups in total. The lowest BCUT2D eigenvalue weighted by molar-refractivity contribution is -0.140. The van der Waals surface area contributed by atoms with Crippen molar-refractivity contribution in [1.29, 1.82) is 0 Å². The number of hydrogen-bond acceptors (Lipinski definition) is 3. The van der Waals surface area contributed by atoms with Gasteiger partial charge in [0.2, 0.25) is 11.8 Å². The fraction of sp³-hybridized carbons (Fsp3) is 0.857. The highest BCUT2D eigenvalue weighted by molar-refractivity contribution is 5.83. The number of nitrogens with zero attached hydrogens (tertiary/aromatic N) is 2. The number of rotatable bonds is 2. The summed E-state index contributed by atoms with van der Waals surface area (Å²) >= 11 is 0. The molecule has 2 heterocycles. The van der Waals surface area contributed by atoms with Crippen molar-refractivity contribution in [2.24, 2.45) is 17.6 Å². The molecule has 106 valence electrons. The van der Waals surface area contributed by atoms with E-state index in [9.17, 15) is 9.59 Å². The van der Waals surface area contributed by atoms with Crippen LogP contribution in [0.5, 0.6) is 0 Å². The van der Waals surface area contributed by atoms with E-state index < -0.39 is 0 Å². The molecule has 5 nitrogen and oxygen atoms in total. The van der Waals surface area contributed by atoms with Crippen molar-refractivity contribution in [2.45, 2.75) is 38.1 Å². The van der Waals surface area contributed by atoms with Crippen molar-refractivity contribution in [1.82, 2.24) is 9.80 Å². The van der Waals surface area contributed by atoms with E-state index in [-0.39, 0.29) is 29.7 Å². The third-order valence-electron chi connectivity index (χ3n) is 4.55. The minimum absolute atomic E-state index is 0.00162. The summed E-state index contributed by atoms with van der Waals surface area (Å²) in [6, 6.07) is 0.136. The third kappa shape index (κ3) is 2.76. The summed E-state index contributed by atoms with van der Waals surface area (Å²) in [5, 5.41) is 0. The molecule has 1 unspecified atom stereocenters. The van der Waals surface area contributed by atoms with Gasteiger partial charge in [0.15, 0.2) is 0 Å². The Morgan fingerprint density at radius 2 is 1.53 bits per heavy atom. The normalized spacial score (nSPS) is 31.6. The second kappa shape index (κ2) is 5.12. The average molecular weight is 265 g/mol. The highest BCUT2D eigenvalue weighted by atomic mass is 16.2. The molecule has 3 rings (SSSR count). The van der Waals surface area contributed by atoms with Crippen molar-refractivity contribution in [3.8, 4) is 0 Å². The van der Waals surface area contributed by atoms with Crippen molar-refractivity contribution in [3.63, 3.8) is 0 Å². The first kappa shape index (κ1) is 12.9. The second-order valence-corrected chi connectivity index (χ2v) is 6.23. The zero-order chi connectivity index (χ0) is 13.4. The highest BCUT2D eigenvalue weighted by Gasteiger charge is 2.38. The molecule has 0 bridgehead atoms. The molecule has 3 aliphatic rings. The molecule has 19 heavy (non-hydrogen) atoms. The van der Waals surface area contributed by atoms with Gasteiger partial charge in [0, 0.05) is 38.1 Å². The molecule has 0 aromatic heterocycles. The molecule has 2 aliphatic heterocycles. The van der Waals surface area contributed by atoms with E-state index in [0.29, 0.717) is 13.1 Å². The predicted octanol–water partition coefficient (Wildman–Crippen LogP) is 0.195. The molecule has 0 aromatic rings. The molecule has 0 aromatic carbocycles. The molecule has 3 fully saturated rings. The maximum absolute atomic E-state index is 12.4. The number of piperidine rings is 1. The topological polar surface area (TPSA) is 66.6 Å². The van der Waals surface area contributed by atoms with E-state index in [1.807, 2.05) is 9.80 Å². The number of carbonyl (C=O) groups excluding carboxylic acids is 2. The number of carbonyl (C=O) groups is 2. The van der Waals surface area contributed by atoms with Gasteiger partial charge in [0.1, 0.15) is 0 Å². The lowest BCUT2D eigenvalue weighted by atomic mass is 9.96. The molecule has 5 heteroatoms. The van der Waals surface area contributed by atoms with E-state index in [2.05, 4.69) is 0 Å². The zero-order valence-electron chi connectivity index (χ0n) is 11.4. The Balaban J connectivity index is 1.58. The summed E-state index contributed by atoms with van der Waals surface area (Å²) in [5.41, 5.74) is 5.86. The van der Waals surface area contributed by atoms with Crippen LogP contribution in [-0.4, -0.2) is 53.8 Å². The van der Waals surface area contributed by atoms with Gasteiger partial charge in [-0.05, 0) is 32.1 Å². The summed E-state index contributed by atoms with van der Waals surface area (Å²) in [4.78, 5) is 28.3. The summed E-state index contributed by atoms with van der Waals surface area (Å²) in [5.74, 6) is 0.743. The first-order chi connectivity index (χ1) is 9.15. The maximum atomic E-state index is 12.4. The fourth-order valence-electron chi connectivity index (χ4n) is 3.21. The molecular weight excluding hydrogens is 242 g/mol. The third-order valence-corrected chi connectivity index (χ3v) is 4.55. The Morgan fingerprint density at radius 1 is 0.842 bits per heavy atom. The minimum atomic E-state index is 0.00162. The largest absolute Gasteiger partial charge is 0.342 e. The zero-order valence-corrected chi connectivity index (χ0v) is 11.4. The second-order valence-electron chi connectivity index (χ2n) is 6.23. The Morgan fingerprint density at radius 3 is 2.16 bits per heavy atom. The van der Waals surface area contributed by atoms with Crippen molar-refractivity contribution in [2.75, 3.05) is 26.2 Å². The molecule has 2 atom stereocenters. The Hall–Kier alpha value is -1.10. The van der Waals surface area contributed by atoms with Crippen LogP contribution in [0.15, 0.2) is 0 Å². The van der Waals surface area contributed by atoms with Gasteiger partial charge in [-0.25, -0.2) is 0 Å². The first-order valence-corrected chi connectivity index (χ1v) is 7.48. The van der Waals surface area contributed by atoms with Gasteiger partial charge in [-0.3, -0.25) is 9.59 Å². The fourth-order valence-corrected chi connectivity index (χ4v) is 3.21. The summed E-state index contributed by atoms with van der Waals surface area (Å²) in [7, 11) is 0. The Labute approximate surface area is 114 Å². The monoisotopic (exact) mass is 265 g/mol. The van der Waals surface area contributed by atoms with Crippen LogP contribution < -0.4 is 5.73 Å². The smallest absolute Gasteiger partial charge is 0.227 e. The Kier molecular flexibility index (Phi) is 3.48.